The number of benzene rings is 1. The van der Waals surface area contributed by atoms with Crippen LogP contribution in [0.4, 0.5) is 0 Å². The van der Waals surface area contributed by atoms with Gasteiger partial charge in [0.2, 0.25) is 0 Å². The number of nitrogens with one attached hydrogen (secondary N) is 1. The highest BCUT2D eigenvalue weighted by molar-refractivity contribution is 5.39. The van der Waals surface area contributed by atoms with Gasteiger partial charge in [0.15, 0.2) is 0 Å². The molecule has 0 unspecified atom stereocenters. The number of likely N-dealkylation sites (N-methyl/N-ethyl adjacent to an activating group) is 1. The number of hydrogen-bond acceptors (Lipinski definition) is 3. The van der Waals surface area contributed by atoms with Crippen LogP contribution in [0, 0.1) is 20.8 Å². The van der Waals surface area contributed by atoms with E-state index in [0.717, 1.165) is 36.8 Å². The zero-order chi connectivity index (χ0) is 15.2. The van der Waals surface area contributed by atoms with Gasteiger partial charge in [0.25, 0.3) is 0 Å². The minimum absolute atomic E-state index is 0.697. The number of rotatable bonds is 7. The number of nitrogens with zero attached hydrogens (tertiary/aromatic N) is 2. The molecule has 1 aromatic heterocycles. The van der Waals surface area contributed by atoms with E-state index in [-0.39, 0.29) is 0 Å². The largest absolute Gasteiger partial charge is 0.492 e. The van der Waals surface area contributed by atoms with Crippen LogP contribution >= 0.6 is 0 Å². The van der Waals surface area contributed by atoms with Crippen molar-refractivity contribution in [2.24, 2.45) is 0 Å². The molecular formula is C17H25N3O. The zero-order valence-electron chi connectivity index (χ0n) is 13.4. The Morgan fingerprint density at radius 2 is 1.90 bits per heavy atom. The smallest absolute Gasteiger partial charge is 0.125 e. The van der Waals surface area contributed by atoms with Crippen LogP contribution in [-0.2, 0) is 6.54 Å². The number of aromatic amines is 1. The molecule has 1 N–H and O–H groups in total. The van der Waals surface area contributed by atoms with Crippen LogP contribution in [0.1, 0.15) is 29.4 Å². The van der Waals surface area contributed by atoms with Gasteiger partial charge in [0.1, 0.15) is 12.4 Å². The molecular weight excluding hydrogens is 262 g/mol. The lowest BCUT2D eigenvalue weighted by molar-refractivity contribution is 0.207. The number of hydrogen-bond donors (Lipinski definition) is 1. The molecule has 4 heteroatoms. The van der Waals surface area contributed by atoms with Gasteiger partial charge in [-0.15, -0.1) is 0 Å². The lowest BCUT2D eigenvalue weighted by Gasteiger charge is -2.20. The molecule has 0 aliphatic carbocycles. The Hall–Kier alpha value is -1.81. The number of aromatic nitrogens is 2. The van der Waals surface area contributed by atoms with Gasteiger partial charge >= 0.3 is 0 Å². The Morgan fingerprint density at radius 1 is 1.19 bits per heavy atom. The van der Waals surface area contributed by atoms with E-state index >= 15 is 0 Å². The SMILES string of the molecule is CCN(CCOc1c(C)cccc1C)Cc1cc(C)[nH]n1. The topological polar surface area (TPSA) is 41.1 Å². The average molecular weight is 287 g/mol. The van der Waals surface area contributed by atoms with E-state index in [4.69, 9.17) is 4.74 Å². The second-order valence-corrected chi connectivity index (χ2v) is 5.48. The second-order valence-electron chi connectivity index (χ2n) is 5.48. The number of para-hydroxylation sites is 1. The van der Waals surface area contributed by atoms with Crippen molar-refractivity contribution in [1.29, 1.82) is 0 Å². The summed E-state index contributed by atoms with van der Waals surface area (Å²) < 4.78 is 5.97. The molecule has 2 aromatic rings. The maximum absolute atomic E-state index is 5.97. The summed E-state index contributed by atoms with van der Waals surface area (Å²) in [6.45, 7) is 11.8. The van der Waals surface area contributed by atoms with Crippen molar-refractivity contribution in [2.45, 2.75) is 34.2 Å². The van der Waals surface area contributed by atoms with Gasteiger partial charge in [-0.3, -0.25) is 10.00 Å². The van der Waals surface area contributed by atoms with Gasteiger partial charge in [0.05, 0.1) is 5.69 Å². The number of ether oxygens (including phenoxy) is 1. The van der Waals surface area contributed by atoms with Crippen LogP contribution in [0.2, 0.25) is 0 Å². The second kappa shape index (κ2) is 7.27. The highest BCUT2D eigenvalue weighted by atomic mass is 16.5. The molecule has 2 rings (SSSR count). The summed E-state index contributed by atoms with van der Waals surface area (Å²) in [6, 6.07) is 8.34. The van der Waals surface area contributed by atoms with Crippen LogP contribution in [0.15, 0.2) is 24.3 Å². The fourth-order valence-electron chi connectivity index (χ4n) is 2.44. The molecule has 0 spiro atoms. The standard InChI is InChI=1S/C17H25N3O/c1-5-20(12-16-11-15(4)18-19-16)9-10-21-17-13(2)7-6-8-14(17)3/h6-8,11H,5,9-10,12H2,1-4H3,(H,18,19). The molecule has 0 bridgehead atoms. The van der Waals surface area contributed by atoms with Gasteiger partial charge in [-0.25, -0.2) is 0 Å². The van der Waals surface area contributed by atoms with Crippen molar-refractivity contribution in [2.75, 3.05) is 19.7 Å². The monoisotopic (exact) mass is 287 g/mol. The van der Waals surface area contributed by atoms with Gasteiger partial charge in [-0.05, 0) is 44.5 Å². The number of aryl methyl sites for hydroxylation is 3. The normalized spacial score (nSPS) is 11.1. The maximum Gasteiger partial charge on any atom is 0.125 e. The molecule has 0 aliphatic heterocycles. The first kappa shape index (κ1) is 15.6. The summed E-state index contributed by atoms with van der Waals surface area (Å²) in [5, 5.41) is 7.28. The first-order valence-electron chi connectivity index (χ1n) is 7.52. The zero-order valence-corrected chi connectivity index (χ0v) is 13.4. The summed E-state index contributed by atoms with van der Waals surface area (Å²) in [6.07, 6.45) is 0. The maximum atomic E-state index is 5.97. The van der Waals surface area contributed by atoms with Gasteiger partial charge in [0, 0.05) is 18.8 Å². The third-order valence-electron chi connectivity index (χ3n) is 3.65. The van der Waals surface area contributed by atoms with Crippen molar-refractivity contribution in [1.82, 2.24) is 15.1 Å². The van der Waals surface area contributed by atoms with Gasteiger partial charge in [-0.2, -0.15) is 5.10 Å². The van der Waals surface area contributed by atoms with Crippen molar-refractivity contribution in [3.8, 4) is 5.75 Å². The molecule has 1 heterocycles. The van der Waals surface area contributed by atoms with Crippen LogP contribution in [0.3, 0.4) is 0 Å². The average Bonchev–Trinajstić information content (AvgIpc) is 2.86. The Balaban J connectivity index is 1.86. The molecule has 0 saturated heterocycles. The van der Waals surface area contributed by atoms with Crippen molar-refractivity contribution < 1.29 is 4.74 Å². The van der Waals surface area contributed by atoms with Crippen LogP contribution in [0.5, 0.6) is 5.75 Å². The summed E-state index contributed by atoms with van der Waals surface area (Å²) >= 11 is 0. The highest BCUT2D eigenvalue weighted by Crippen LogP contribution is 2.22. The van der Waals surface area contributed by atoms with Crippen LogP contribution in [0.25, 0.3) is 0 Å². The first-order chi connectivity index (χ1) is 10.1. The van der Waals surface area contributed by atoms with Crippen molar-refractivity contribution >= 4 is 0 Å². The lowest BCUT2D eigenvalue weighted by atomic mass is 10.1. The molecule has 1 aromatic carbocycles. The predicted molar refractivity (Wildman–Crippen MR) is 85.7 cm³/mol. The third-order valence-corrected chi connectivity index (χ3v) is 3.65. The van der Waals surface area contributed by atoms with Crippen molar-refractivity contribution in [3.63, 3.8) is 0 Å². The third kappa shape index (κ3) is 4.33. The summed E-state index contributed by atoms with van der Waals surface area (Å²) in [7, 11) is 0. The molecule has 0 saturated carbocycles. The first-order valence-corrected chi connectivity index (χ1v) is 7.52. The molecule has 0 atom stereocenters. The predicted octanol–water partition coefficient (Wildman–Crippen LogP) is 3.24. The lowest BCUT2D eigenvalue weighted by Crippen LogP contribution is -2.28. The Morgan fingerprint density at radius 3 is 2.48 bits per heavy atom. The minimum atomic E-state index is 0.697. The highest BCUT2D eigenvalue weighted by Gasteiger charge is 2.08. The molecule has 21 heavy (non-hydrogen) atoms. The molecule has 0 aliphatic rings. The quantitative estimate of drug-likeness (QED) is 0.850. The molecule has 0 fully saturated rings. The Bertz CT molecular complexity index is 557. The Kier molecular flexibility index (Phi) is 5.39. The van der Waals surface area contributed by atoms with Crippen LogP contribution in [-0.4, -0.2) is 34.8 Å². The number of H-pyrrole nitrogens is 1. The van der Waals surface area contributed by atoms with E-state index in [1.54, 1.807) is 0 Å². The van der Waals surface area contributed by atoms with Gasteiger partial charge in [-0.1, -0.05) is 25.1 Å². The summed E-state index contributed by atoms with van der Waals surface area (Å²) in [5.41, 5.74) is 4.58. The van der Waals surface area contributed by atoms with E-state index in [2.05, 4.69) is 60.1 Å². The molecule has 0 amide bonds. The van der Waals surface area contributed by atoms with Crippen LogP contribution < -0.4 is 4.74 Å². The molecule has 0 radical (unpaired) electrons. The Labute approximate surface area is 127 Å². The van der Waals surface area contributed by atoms with Crippen molar-refractivity contribution in [3.05, 3.63) is 46.8 Å². The summed E-state index contributed by atoms with van der Waals surface area (Å²) in [4.78, 5) is 2.34. The van der Waals surface area contributed by atoms with E-state index in [1.807, 2.05) is 6.92 Å². The van der Waals surface area contributed by atoms with Gasteiger partial charge < -0.3 is 4.74 Å². The van der Waals surface area contributed by atoms with E-state index in [9.17, 15) is 0 Å². The van der Waals surface area contributed by atoms with E-state index < -0.39 is 0 Å². The van der Waals surface area contributed by atoms with E-state index in [1.165, 1.54) is 11.1 Å². The molecule has 114 valence electrons. The molecule has 4 nitrogen and oxygen atoms in total. The summed E-state index contributed by atoms with van der Waals surface area (Å²) in [5.74, 6) is 1.02. The fraction of sp³-hybridized carbons (Fsp3) is 0.471. The minimum Gasteiger partial charge on any atom is -0.492 e. The fourth-order valence-corrected chi connectivity index (χ4v) is 2.44. The van der Waals surface area contributed by atoms with E-state index in [0.29, 0.717) is 6.61 Å².